The van der Waals surface area contributed by atoms with Crippen LogP contribution < -0.4 is 10.6 Å². The van der Waals surface area contributed by atoms with E-state index in [1.54, 1.807) is 0 Å². The maximum atomic E-state index is 6.04. The van der Waals surface area contributed by atoms with E-state index < -0.39 is 0 Å². The van der Waals surface area contributed by atoms with E-state index in [1.165, 1.54) is 11.1 Å². The summed E-state index contributed by atoms with van der Waals surface area (Å²) >= 11 is 0. The number of hydrogen-bond acceptors (Lipinski definition) is 3. The van der Waals surface area contributed by atoms with Gasteiger partial charge in [0.25, 0.3) is 0 Å². The molecule has 0 fully saturated rings. The second-order valence-corrected chi connectivity index (χ2v) is 5.23. The van der Waals surface area contributed by atoms with Crippen LogP contribution in [0.1, 0.15) is 11.1 Å². The summed E-state index contributed by atoms with van der Waals surface area (Å²) < 4.78 is 0. The Morgan fingerprint density at radius 3 is 2.90 bits per heavy atom. The average Bonchev–Trinajstić information content (AvgIpc) is 2.91. The molecule has 100 valence electrons. The van der Waals surface area contributed by atoms with E-state index in [1.807, 2.05) is 30.3 Å². The molecule has 1 aromatic heterocycles. The molecular formula is C16H16N4. The summed E-state index contributed by atoms with van der Waals surface area (Å²) in [6, 6.07) is 14.3. The molecule has 0 saturated carbocycles. The Balaban J connectivity index is 1.71. The topological polar surface area (TPSA) is 57.9 Å². The Hall–Kier alpha value is -2.49. The molecule has 0 unspecified atom stereocenters. The third-order valence-corrected chi connectivity index (χ3v) is 3.98. The number of nitrogens with two attached hydrogens (primary N) is 1. The van der Waals surface area contributed by atoms with Gasteiger partial charge in [0.2, 0.25) is 5.95 Å². The van der Waals surface area contributed by atoms with Crippen molar-refractivity contribution in [2.24, 2.45) is 0 Å². The van der Waals surface area contributed by atoms with E-state index in [4.69, 9.17) is 5.73 Å². The fourth-order valence-corrected chi connectivity index (χ4v) is 2.91. The van der Waals surface area contributed by atoms with Gasteiger partial charge in [0.05, 0.1) is 11.0 Å². The molecular weight excluding hydrogens is 248 g/mol. The number of para-hydroxylation sites is 2. The molecule has 0 amide bonds. The lowest BCUT2D eigenvalue weighted by Crippen LogP contribution is -2.31. The van der Waals surface area contributed by atoms with Crippen molar-refractivity contribution in [1.82, 2.24) is 9.97 Å². The second kappa shape index (κ2) is 4.27. The minimum Gasteiger partial charge on any atom is -0.398 e. The van der Waals surface area contributed by atoms with Gasteiger partial charge in [-0.05, 0) is 35.7 Å². The lowest BCUT2D eigenvalue weighted by molar-refractivity contribution is 0.715. The zero-order valence-electron chi connectivity index (χ0n) is 11.1. The summed E-state index contributed by atoms with van der Waals surface area (Å²) in [5.74, 6) is 0.944. The zero-order chi connectivity index (χ0) is 13.5. The van der Waals surface area contributed by atoms with Crippen LogP contribution >= 0.6 is 0 Å². The predicted octanol–water partition coefficient (Wildman–Crippen LogP) is 2.71. The van der Waals surface area contributed by atoms with Crippen LogP contribution in [-0.2, 0) is 13.0 Å². The molecule has 0 spiro atoms. The number of anilines is 2. The van der Waals surface area contributed by atoms with Gasteiger partial charge < -0.3 is 15.6 Å². The molecule has 3 aromatic rings. The summed E-state index contributed by atoms with van der Waals surface area (Å²) in [4.78, 5) is 10.3. The highest BCUT2D eigenvalue weighted by molar-refractivity contribution is 5.77. The molecule has 0 atom stereocenters. The number of hydrogen-bond donors (Lipinski definition) is 2. The summed E-state index contributed by atoms with van der Waals surface area (Å²) in [6.45, 7) is 1.81. The first kappa shape index (κ1) is 11.3. The number of imidazole rings is 1. The Bertz CT molecular complexity index is 742. The molecule has 0 aliphatic carbocycles. The van der Waals surface area contributed by atoms with Crippen molar-refractivity contribution in [3.8, 4) is 0 Å². The molecule has 4 heteroatoms. The summed E-state index contributed by atoms with van der Waals surface area (Å²) in [6.07, 6.45) is 0.971. The predicted molar refractivity (Wildman–Crippen MR) is 81.7 cm³/mol. The standard InChI is InChI=1S/C16H16N4/c17-13-5-3-4-11-10-20(9-8-12(11)13)16-18-14-6-1-2-7-15(14)19-16/h1-7H,8-10,17H2,(H,18,19). The van der Waals surface area contributed by atoms with Gasteiger partial charge in [-0.3, -0.25) is 0 Å². The van der Waals surface area contributed by atoms with Gasteiger partial charge in [-0.15, -0.1) is 0 Å². The third kappa shape index (κ3) is 1.72. The lowest BCUT2D eigenvalue weighted by atomic mass is 9.98. The maximum absolute atomic E-state index is 6.04. The van der Waals surface area contributed by atoms with Gasteiger partial charge in [0.1, 0.15) is 0 Å². The van der Waals surface area contributed by atoms with Crippen molar-refractivity contribution in [3.05, 3.63) is 53.6 Å². The van der Waals surface area contributed by atoms with Crippen LogP contribution in [0.15, 0.2) is 42.5 Å². The van der Waals surface area contributed by atoms with Crippen LogP contribution in [0.3, 0.4) is 0 Å². The van der Waals surface area contributed by atoms with Crippen LogP contribution in [0.25, 0.3) is 11.0 Å². The Labute approximate surface area is 117 Å². The lowest BCUT2D eigenvalue weighted by Gasteiger charge is -2.29. The first-order chi connectivity index (χ1) is 9.81. The van der Waals surface area contributed by atoms with Crippen LogP contribution in [0.4, 0.5) is 11.6 Å². The number of nitrogen functional groups attached to an aromatic ring is 1. The summed E-state index contributed by atoms with van der Waals surface area (Å²) in [7, 11) is 0. The Morgan fingerprint density at radius 2 is 2.00 bits per heavy atom. The molecule has 1 aliphatic rings. The Morgan fingerprint density at radius 1 is 1.10 bits per heavy atom. The molecule has 0 saturated heterocycles. The number of benzene rings is 2. The number of nitrogens with zero attached hydrogens (tertiary/aromatic N) is 2. The SMILES string of the molecule is Nc1cccc2c1CCN(c1nc3ccccc3[nH]1)C2. The van der Waals surface area contributed by atoms with Gasteiger partial charge in [0, 0.05) is 18.8 Å². The van der Waals surface area contributed by atoms with Crippen molar-refractivity contribution in [2.45, 2.75) is 13.0 Å². The van der Waals surface area contributed by atoms with Crippen molar-refractivity contribution >= 4 is 22.7 Å². The largest absolute Gasteiger partial charge is 0.398 e. The first-order valence-corrected chi connectivity index (χ1v) is 6.87. The molecule has 1 aliphatic heterocycles. The smallest absolute Gasteiger partial charge is 0.204 e. The molecule has 4 rings (SSSR count). The van der Waals surface area contributed by atoms with Crippen molar-refractivity contribution in [2.75, 3.05) is 17.2 Å². The number of nitrogens with one attached hydrogen (secondary N) is 1. The van der Waals surface area contributed by atoms with E-state index in [9.17, 15) is 0 Å². The Kier molecular flexibility index (Phi) is 2.42. The second-order valence-electron chi connectivity index (χ2n) is 5.23. The monoisotopic (exact) mass is 264 g/mol. The summed E-state index contributed by atoms with van der Waals surface area (Å²) in [5, 5.41) is 0. The molecule has 3 N–H and O–H groups in total. The highest BCUT2D eigenvalue weighted by atomic mass is 15.3. The van der Waals surface area contributed by atoms with Gasteiger partial charge in [0.15, 0.2) is 0 Å². The average molecular weight is 264 g/mol. The molecule has 20 heavy (non-hydrogen) atoms. The van der Waals surface area contributed by atoms with Crippen LogP contribution in [0, 0.1) is 0 Å². The van der Waals surface area contributed by atoms with Gasteiger partial charge in [-0.2, -0.15) is 0 Å². The minimum absolute atomic E-state index is 0.861. The van der Waals surface area contributed by atoms with E-state index in [-0.39, 0.29) is 0 Å². The number of fused-ring (bicyclic) bond motifs is 2. The van der Waals surface area contributed by atoms with E-state index in [0.29, 0.717) is 0 Å². The van der Waals surface area contributed by atoms with Gasteiger partial charge in [-0.25, -0.2) is 4.98 Å². The van der Waals surface area contributed by atoms with Crippen LogP contribution in [0.2, 0.25) is 0 Å². The number of rotatable bonds is 1. The van der Waals surface area contributed by atoms with Gasteiger partial charge >= 0.3 is 0 Å². The van der Waals surface area contributed by atoms with Crippen molar-refractivity contribution < 1.29 is 0 Å². The van der Waals surface area contributed by atoms with Crippen LogP contribution in [0.5, 0.6) is 0 Å². The summed E-state index contributed by atoms with van der Waals surface area (Å²) in [5.41, 5.74) is 11.6. The van der Waals surface area contributed by atoms with Crippen molar-refractivity contribution in [3.63, 3.8) is 0 Å². The molecule has 0 radical (unpaired) electrons. The molecule has 2 aromatic carbocycles. The van der Waals surface area contributed by atoms with Crippen molar-refractivity contribution in [1.29, 1.82) is 0 Å². The highest BCUT2D eigenvalue weighted by Gasteiger charge is 2.20. The molecule has 2 heterocycles. The number of H-pyrrole nitrogens is 1. The highest BCUT2D eigenvalue weighted by Crippen LogP contribution is 2.27. The third-order valence-electron chi connectivity index (χ3n) is 3.98. The quantitative estimate of drug-likeness (QED) is 0.664. The van der Waals surface area contributed by atoms with Crippen LogP contribution in [-0.4, -0.2) is 16.5 Å². The molecule has 0 bridgehead atoms. The normalized spacial score (nSPS) is 14.5. The fourth-order valence-electron chi connectivity index (χ4n) is 2.91. The van der Waals surface area contributed by atoms with E-state index in [2.05, 4.69) is 27.0 Å². The number of aromatic amines is 1. The number of aromatic nitrogens is 2. The maximum Gasteiger partial charge on any atom is 0.204 e. The zero-order valence-corrected chi connectivity index (χ0v) is 11.1. The van der Waals surface area contributed by atoms with E-state index >= 15 is 0 Å². The molecule has 4 nitrogen and oxygen atoms in total. The van der Waals surface area contributed by atoms with Gasteiger partial charge in [-0.1, -0.05) is 24.3 Å². The fraction of sp³-hybridized carbons (Fsp3) is 0.188. The minimum atomic E-state index is 0.861. The first-order valence-electron chi connectivity index (χ1n) is 6.87. The van der Waals surface area contributed by atoms with E-state index in [0.717, 1.165) is 42.2 Å².